The highest BCUT2D eigenvalue weighted by molar-refractivity contribution is 4.92. The minimum atomic E-state index is 0.834. The molecule has 0 radical (unpaired) electrons. The molecule has 2 nitrogen and oxygen atoms in total. The lowest BCUT2D eigenvalue weighted by Crippen LogP contribution is -2.00. The first-order valence-corrected chi connectivity index (χ1v) is 7.47. The smallest absolute Gasteiger partial charge is 0.0238 e. The molecule has 0 saturated heterocycles. The Kier molecular flexibility index (Phi) is 12.9. The predicted octanol–water partition coefficient (Wildman–Crippen LogP) is 4.45. The molecule has 2 heteroatoms. The topological polar surface area (TPSA) is 52.0 Å². The Balaban J connectivity index is 2.99. The molecule has 0 unspecified atom stereocenters. The van der Waals surface area contributed by atoms with Crippen LogP contribution >= 0.6 is 0 Å². The van der Waals surface area contributed by atoms with Crippen LogP contribution in [0, 0.1) is 0 Å². The van der Waals surface area contributed by atoms with Crippen molar-refractivity contribution in [1.82, 2.24) is 0 Å². The van der Waals surface area contributed by atoms with Crippen molar-refractivity contribution in [2.24, 2.45) is 11.5 Å². The van der Waals surface area contributed by atoms with Gasteiger partial charge in [-0.15, -0.1) is 0 Å². The molecule has 0 saturated carbocycles. The number of hydrogen-bond donors (Lipinski definition) is 2. The van der Waals surface area contributed by atoms with Crippen molar-refractivity contribution >= 4 is 0 Å². The molecule has 0 fully saturated rings. The summed E-state index contributed by atoms with van der Waals surface area (Å²) in [5.74, 6) is 0. The highest BCUT2D eigenvalue weighted by Crippen LogP contribution is 2.12. The third kappa shape index (κ3) is 13.3. The summed E-state index contributed by atoms with van der Waals surface area (Å²) >= 11 is 0. The van der Waals surface area contributed by atoms with E-state index < -0.39 is 0 Å². The molecule has 0 spiro atoms. The maximum atomic E-state index is 5.63. The minimum absolute atomic E-state index is 0.834. The Morgan fingerprint density at radius 1 is 0.765 bits per heavy atom. The predicted molar refractivity (Wildman–Crippen MR) is 77.5 cm³/mol. The van der Waals surface area contributed by atoms with Gasteiger partial charge in [0.15, 0.2) is 0 Å². The van der Waals surface area contributed by atoms with Crippen molar-refractivity contribution in [2.45, 2.75) is 84.0 Å². The second-order valence-electron chi connectivity index (χ2n) is 5.03. The van der Waals surface area contributed by atoms with E-state index in [4.69, 9.17) is 11.5 Å². The van der Waals surface area contributed by atoms with Crippen LogP contribution in [0.2, 0.25) is 0 Å². The molecule has 0 aromatic heterocycles. The van der Waals surface area contributed by atoms with Crippen LogP contribution in [-0.2, 0) is 0 Å². The first-order chi connectivity index (χ1) is 8.31. The van der Waals surface area contributed by atoms with Crippen LogP contribution < -0.4 is 11.5 Å². The zero-order chi connectivity index (χ0) is 12.8. The fourth-order valence-corrected chi connectivity index (χ4v) is 2.08. The molecule has 0 aromatic rings. The van der Waals surface area contributed by atoms with Gasteiger partial charge in [-0.25, -0.2) is 0 Å². The standard InChI is InChI=1S/C15H32N2/c1-2-3-4-5-6-7-8-9-10-11-12-13-15(17)14-16/h14H,2-13,16-17H2,1H3/b15-14+. The quantitative estimate of drug-likeness (QED) is 0.495. The number of nitrogens with two attached hydrogens (primary N) is 2. The fourth-order valence-electron chi connectivity index (χ4n) is 2.08. The molecule has 0 aliphatic carbocycles. The van der Waals surface area contributed by atoms with E-state index in [2.05, 4.69) is 6.92 Å². The van der Waals surface area contributed by atoms with Gasteiger partial charge in [0.05, 0.1) is 0 Å². The largest absolute Gasteiger partial charge is 0.403 e. The van der Waals surface area contributed by atoms with E-state index >= 15 is 0 Å². The van der Waals surface area contributed by atoms with Crippen LogP contribution in [0.5, 0.6) is 0 Å². The Morgan fingerprint density at radius 3 is 1.59 bits per heavy atom. The highest BCUT2D eigenvalue weighted by Gasteiger charge is 1.94. The van der Waals surface area contributed by atoms with E-state index in [1.807, 2.05) is 0 Å². The molecule has 0 atom stereocenters. The van der Waals surface area contributed by atoms with Crippen LogP contribution in [0.25, 0.3) is 0 Å². The second-order valence-corrected chi connectivity index (χ2v) is 5.03. The maximum Gasteiger partial charge on any atom is 0.0238 e. The summed E-state index contributed by atoms with van der Waals surface area (Å²) in [6, 6.07) is 0. The summed E-state index contributed by atoms with van der Waals surface area (Å²) in [7, 11) is 0. The Hall–Kier alpha value is -0.660. The van der Waals surface area contributed by atoms with Crippen molar-refractivity contribution in [3.8, 4) is 0 Å². The SMILES string of the molecule is CCCCCCCCCCCCC/C(N)=C\N. The normalized spacial score (nSPS) is 11.9. The molecule has 0 amide bonds. The van der Waals surface area contributed by atoms with Gasteiger partial charge >= 0.3 is 0 Å². The Morgan fingerprint density at radius 2 is 1.18 bits per heavy atom. The van der Waals surface area contributed by atoms with Crippen molar-refractivity contribution in [2.75, 3.05) is 0 Å². The van der Waals surface area contributed by atoms with E-state index in [0.29, 0.717) is 0 Å². The fraction of sp³-hybridized carbons (Fsp3) is 0.867. The van der Waals surface area contributed by atoms with Crippen molar-refractivity contribution < 1.29 is 0 Å². The Labute approximate surface area is 108 Å². The molecule has 0 aliphatic heterocycles. The van der Waals surface area contributed by atoms with Gasteiger partial charge in [-0.3, -0.25) is 0 Å². The highest BCUT2D eigenvalue weighted by atomic mass is 14.6. The van der Waals surface area contributed by atoms with Gasteiger partial charge in [0.25, 0.3) is 0 Å². The third-order valence-corrected chi connectivity index (χ3v) is 3.28. The molecule has 0 heterocycles. The molecule has 0 rings (SSSR count). The lowest BCUT2D eigenvalue weighted by atomic mass is 10.0. The summed E-state index contributed by atoms with van der Waals surface area (Å²) in [4.78, 5) is 0. The van der Waals surface area contributed by atoms with Crippen LogP contribution in [-0.4, -0.2) is 0 Å². The van der Waals surface area contributed by atoms with Crippen molar-refractivity contribution in [3.63, 3.8) is 0 Å². The van der Waals surface area contributed by atoms with Crippen LogP contribution in [0.3, 0.4) is 0 Å². The first kappa shape index (κ1) is 16.3. The van der Waals surface area contributed by atoms with Gasteiger partial charge in [-0.1, -0.05) is 71.1 Å². The maximum absolute atomic E-state index is 5.63. The first-order valence-electron chi connectivity index (χ1n) is 7.47. The molecule has 4 N–H and O–H groups in total. The summed E-state index contributed by atoms with van der Waals surface area (Å²) in [6.45, 7) is 2.27. The van der Waals surface area contributed by atoms with Crippen LogP contribution in [0.4, 0.5) is 0 Å². The van der Waals surface area contributed by atoms with E-state index in [0.717, 1.165) is 12.1 Å². The van der Waals surface area contributed by atoms with Gasteiger partial charge < -0.3 is 11.5 Å². The third-order valence-electron chi connectivity index (χ3n) is 3.28. The summed E-state index contributed by atoms with van der Waals surface area (Å²) in [5.41, 5.74) is 11.8. The van der Waals surface area contributed by atoms with Crippen molar-refractivity contribution in [3.05, 3.63) is 11.9 Å². The van der Waals surface area contributed by atoms with Crippen molar-refractivity contribution in [1.29, 1.82) is 0 Å². The Bertz CT molecular complexity index is 176. The lowest BCUT2D eigenvalue weighted by Gasteiger charge is -2.02. The number of allylic oxidation sites excluding steroid dienone is 1. The molecule has 0 bridgehead atoms. The number of hydrogen-bond acceptors (Lipinski definition) is 2. The number of rotatable bonds is 12. The lowest BCUT2D eigenvalue weighted by molar-refractivity contribution is 0.549. The van der Waals surface area contributed by atoms with Gasteiger partial charge in [-0.05, 0) is 12.8 Å². The monoisotopic (exact) mass is 240 g/mol. The van der Waals surface area contributed by atoms with E-state index in [1.165, 1.54) is 76.8 Å². The number of unbranched alkanes of at least 4 members (excludes halogenated alkanes) is 10. The molecule has 0 aromatic carbocycles. The average molecular weight is 240 g/mol. The van der Waals surface area contributed by atoms with Gasteiger partial charge in [-0.2, -0.15) is 0 Å². The summed E-state index contributed by atoms with van der Waals surface area (Å²) < 4.78 is 0. The van der Waals surface area contributed by atoms with Gasteiger partial charge in [0, 0.05) is 11.9 Å². The molecule has 0 aliphatic rings. The second kappa shape index (κ2) is 13.4. The van der Waals surface area contributed by atoms with E-state index in [9.17, 15) is 0 Å². The van der Waals surface area contributed by atoms with Gasteiger partial charge in [0.2, 0.25) is 0 Å². The molecule has 102 valence electrons. The van der Waals surface area contributed by atoms with Crippen LogP contribution in [0.1, 0.15) is 84.0 Å². The molecule has 17 heavy (non-hydrogen) atoms. The molecular formula is C15H32N2. The minimum Gasteiger partial charge on any atom is -0.403 e. The van der Waals surface area contributed by atoms with E-state index in [-0.39, 0.29) is 0 Å². The zero-order valence-corrected chi connectivity index (χ0v) is 11.7. The summed E-state index contributed by atoms with van der Waals surface area (Å²) in [5, 5.41) is 0. The molecular weight excluding hydrogens is 208 g/mol. The summed E-state index contributed by atoms with van der Waals surface area (Å²) in [6.07, 6.45) is 17.6. The average Bonchev–Trinajstić information content (AvgIpc) is 2.35. The zero-order valence-electron chi connectivity index (χ0n) is 11.7. The van der Waals surface area contributed by atoms with Gasteiger partial charge in [0.1, 0.15) is 0 Å². The van der Waals surface area contributed by atoms with Crippen LogP contribution in [0.15, 0.2) is 11.9 Å². The van der Waals surface area contributed by atoms with E-state index in [1.54, 1.807) is 0 Å².